The number of carbonyl (C=O) groups excluding carboxylic acids is 1. The van der Waals surface area contributed by atoms with Crippen molar-refractivity contribution < 1.29 is 44.2 Å². The first kappa shape index (κ1) is 23.7. The molecule has 0 radical (unpaired) electrons. The molecule has 0 saturated carbocycles. The van der Waals surface area contributed by atoms with Crippen molar-refractivity contribution in [3.05, 3.63) is 30.5 Å². The van der Waals surface area contributed by atoms with Crippen LogP contribution in [0.2, 0.25) is 0 Å². The van der Waals surface area contributed by atoms with E-state index in [-0.39, 0.29) is 12.5 Å². The SMILES string of the molecule is COc1cc(NC(C)CCC(=O)O[C@H]2O[C@@H](C(=O)O)[C@H](O)[C@@H](O)[C@@H]2O)c2ncccc2c1. The van der Waals surface area contributed by atoms with Crippen molar-refractivity contribution in [2.24, 2.45) is 0 Å². The van der Waals surface area contributed by atoms with Crippen molar-refractivity contribution in [1.82, 2.24) is 4.98 Å². The molecule has 1 aromatic heterocycles. The molecule has 0 aliphatic carbocycles. The minimum Gasteiger partial charge on any atom is -0.497 e. The topological polar surface area (TPSA) is 168 Å². The Morgan fingerprint density at radius 2 is 1.97 bits per heavy atom. The van der Waals surface area contributed by atoms with Gasteiger partial charge in [-0.1, -0.05) is 6.07 Å². The molecule has 6 atom stereocenters. The molecule has 1 aromatic carbocycles. The summed E-state index contributed by atoms with van der Waals surface area (Å²) in [6.07, 6.45) is -7.09. The number of carboxylic acid groups (broad SMARTS) is 1. The molecule has 1 fully saturated rings. The van der Waals surface area contributed by atoms with Crippen LogP contribution in [0.1, 0.15) is 19.8 Å². The van der Waals surface area contributed by atoms with Gasteiger partial charge < -0.3 is 40.0 Å². The second-order valence-electron chi connectivity index (χ2n) is 7.56. The first-order valence-corrected chi connectivity index (χ1v) is 10.0. The molecule has 1 unspecified atom stereocenters. The molecule has 0 bridgehead atoms. The molecule has 1 aliphatic heterocycles. The molecular weight excluding hydrogens is 424 g/mol. The van der Waals surface area contributed by atoms with Gasteiger partial charge in [0.2, 0.25) is 6.29 Å². The highest BCUT2D eigenvalue weighted by molar-refractivity contribution is 5.92. The molecule has 5 N–H and O–H groups in total. The first-order valence-electron chi connectivity index (χ1n) is 10.0. The van der Waals surface area contributed by atoms with Crippen LogP contribution in [-0.2, 0) is 19.1 Å². The molecular formula is C21H26N2O9. The van der Waals surface area contributed by atoms with Crippen LogP contribution in [0.15, 0.2) is 30.5 Å². The van der Waals surface area contributed by atoms with E-state index in [1.165, 1.54) is 0 Å². The van der Waals surface area contributed by atoms with Gasteiger partial charge in [-0.25, -0.2) is 4.79 Å². The molecule has 32 heavy (non-hydrogen) atoms. The number of methoxy groups -OCH3 is 1. The summed E-state index contributed by atoms with van der Waals surface area (Å²) in [5.41, 5.74) is 1.47. The molecule has 174 valence electrons. The Morgan fingerprint density at radius 1 is 1.22 bits per heavy atom. The number of aromatic nitrogens is 1. The second-order valence-corrected chi connectivity index (χ2v) is 7.56. The normalized spacial score (nSPS) is 26.3. The van der Waals surface area contributed by atoms with Gasteiger partial charge in [-0.05, 0) is 25.5 Å². The van der Waals surface area contributed by atoms with Gasteiger partial charge in [0.25, 0.3) is 0 Å². The number of aliphatic carboxylic acids is 1. The maximum absolute atomic E-state index is 12.2. The lowest BCUT2D eigenvalue weighted by Crippen LogP contribution is -2.60. The predicted octanol–water partition coefficient (Wildman–Crippen LogP) is 0.259. The molecule has 11 heteroatoms. The Balaban J connectivity index is 1.58. The van der Waals surface area contributed by atoms with Crippen LogP contribution in [0.3, 0.4) is 0 Å². The lowest BCUT2D eigenvalue weighted by Gasteiger charge is -2.38. The van der Waals surface area contributed by atoms with Crippen molar-refractivity contribution >= 4 is 28.5 Å². The number of nitrogens with zero attached hydrogens (tertiary/aromatic N) is 1. The van der Waals surface area contributed by atoms with Crippen molar-refractivity contribution in [2.45, 2.75) is 56.5 Å². The summed E-state index contributed by atoms with van der Waals surface area (Å²) in [5.74, 6) is -1.66. The van der Waals surface area contributed by atoms with Gasteiger partial charge in [0.15, 0.2) is 6.10 Å². The number of aliphatic hydroxyl groups excluding tert-OH is 3. The van der Waals surface area contributed by atoms with Gasteiger partial charge in [-0.15, -0.1) is 0 Å². The van der Waals surface area contributed by atoms with Crippen LogP contribution in [0, 0.1) is 0 Å². The van der Waals surface area contributed by atoms with Crippen LogP contribution >= 0.6 is 0 Å². The molecule has 1 aliphatic rings. The van der Waals surface area contributed by atoms with Crippen molar-refractivity contribution in [1.29, 1.82) is 0 Å². The number of aliphatic hydroxyl groups is 3. The summed E-state index contributed by atoms with van der Waals surface area (Å²) in [6, 6.07) is 7.20. The van der Waals surface area contributed by atoms with Crippen LogP contribution < -0.4 is 10.1 Å². The number of rotatable bonds is 8. The third kappa shape index (κ3) is 5.25. The van der Waals surface area contributed by atoms with Gasteiger partial charge in [0, 0.05) is 30.1 Å². The summed E-state index contributed by atoms with van der Waals surface area (Å²) < 4.78 is 15.3. The van der Waals surface area contributed by atoms with Crippen LogP contribution in [0.5, 0.6) is 5.75 Å². The highest BCUT2D eigenvalue weighted by Gasteiger charge is 2.48. The molecule has 3 rings (SSSR count). The summed E-state index contributed by atoms with van der Waals surface area (Å²) in [4.78, 5) is 27.7. The molecule has 0 amide bonds. The minimum atomic E-state index is -1.85. The van der Waals surface area contributed by atoms with E-state index in [9.17, 15) is 24.9 Å². The number of hydrogen-bond donors (Lipinski definition) is 5. The van der Waals surface area contributed by atoms with E-state index in [0.717, 1.165) is 16.6 Å². The number of nitrogens with one attached hydrogen (secondary N) is 1. The Bertz CT molecular complexity index is 969. The number of ether oxygens (including phenoxy) is 3. The standard InChI is InChI=1S/C21H26N2O9/c1-10(23-13-9-12(30-2)8-11-4-3-7-22-15(11)13)5-6-14(24)31-21-18(27)16(25)17(26)19(32-21)20(28)29/h3-4,7-10,16-19,21,23,25-27H,5-6H2,1-2H3,(H,28,29)/t10?,16-,17-,18+,19-,21+/m1/s1. The van der Waals surface area contributed by atoms with Crippen molar-refractivity contribution in [2.75, 3.05) is 12.4 Å². The van der Waals surface area contributed by atoms with E-state index in [1.54, 1.807) is 19.4 Å². The zero-order chi connectivity index (χ0) is 23.4. The van der Waals surface area contributed by atoms with Gasteiger partial charge >= 0.3 is 11.9 Å². The predicted molar refractivity (Wildman–Crippen MR) is 111 cm³/mol. The number of fused-ring (bicyclic) bond motifs is 1. The van der Waals surface area contributed by atoms with E-state index in [0.29, 0.717) is 12.2 Å². The molecule has 0 spiro atoms. The molecule has 11 nitrogen and oxygen atoms in total. The smallest absolute Gasteiger partial charge is 0.335 e. The lowest BCUT2D eigenvalue weighted by molar-refractivity contribution is -0.286. The van der Waals surface area contributed by atoms with Crippen molar-refractivity contribution in [3.8, 4) is 5.75 Å². The maximum atomic E-state index is 12.2. The average Bonchev–Trinajstić information content (AvgIpc) is 2.77. The number of esters is 1. The molecule has 2 heterocycles. The van der Waals surface area contributed by atoms with Gasteiger partial charge in [-0.3, -0.25) is 9.78 Å². The third-order valence-corrected chi connectivity index (χ3v) is 5.16. The Kier molecular flexibility index (Phi) is 7.46. The monoisotopic (exact) mass is 450 g/mol. The fourth-order valence-electron chi connectivity index (χ4n) is 3.40. The fraction of sp³-hybridized carbons (Fsp3) is 0.476. The summed E-state index contributed by atoms with van der Waals surface area (Å²) in [5, 5.41) is 42.6. The van der Waals surface area contributed by atoms with Gasteiger partial charge in [-0.2, -0.15) is 0 Å². The third-order valence-electron chi connectivity index (χ3n) is 5.16. The zero-order valence-electron chi connectivity index (χ0n) is 17.5. The van der Waals surface area contributed by atoms with Crippen LogP contribution in [0.25, 0.3) is 10.9 Å². The number of pyridine rings is 1. The summed E-state index contributed by atoms with van der Waals surface area (Å²) in [7, 11) is 1.56. The lowest BCUT2D eigenvalue weighted by atomic mass is 9.99. The molecule has 2 aromatic rings. The van der Waals surface area contributed by atoms with E-state index < -0.39 is 42.6 Å². The van der Waals surface area contributed by atoms with E-state index in [4.69, 9.17) is 19.3 Å². The van der Waals surface area contributed by atoms with E-state index >= 15 is 0 Å². The largest absolute Gasteiger partial charge is 0.497 e. The van der Waals surface area contributed by atoms with Gasteiger partial charge in [0.05, 0.1) is 18.3 Å². The zero-order valence-corrected chi connectivity index (χ0v) is 17.5. The van der Waals surface area contributed by atoms with E-state index in [2.05, 4.69) is 10.3 Å². The summed E-state index contributed by atoms with van der Waals surface area (Å²) in [6.45, 7) is 1.86. The molecule has 1 saturated heterocycles. The van der Waals surface area contributed by atoms with Crippen LogP contribution in [0.4, 0.5) is 5.69 Å². The Hall–Kier alpha value is -2.99. The summed E-state index contributed by atoms with van der Waals surface area (Å²) >= 11 is 0. The number of benzene rings is 1. The number of carboxylic acids is 1. The first-order chi connectivity index (χ1) is 15.2. The maximum Gasteiger partial charge on any atom is 0.335 e. The van der Waals surface area contributed by atoms with E-state index in [1.807, 2.05) is 25.1 Å². The quantitative estimate of drug-likeness (QED) is 0.350. The van der Waals surface area contributed by atoms with Gasteiger partial charge in [0.1, 0.15) is 24.1 Å². The van der Waals surface area contributed by atoms with Crippen molar-refractivity contribution in [3.63, 3.8) is 0 Å². The highest BCUT2D eigenvalue weighted by atomic mass is 16.7. The number of hydrogen-bond acceptors (Lipinski definition) is 10. The second kappa shape index (κ2) is 10.1. The fourth-order valence-corrected chi connectivity index (χ4v) is 3.40. The van der Waals surface area contributed by atoms with Crippen LogP contribution in [-0.4, -0.2) is 81.2 Å². The Morgan fingerprint density at radius 3 is 2.66 bits per heavy atom. The average molecular weight is 450 g/mol. The number of carbonyl (C=O) groups is 2. The minimum absolute atomic E-state index is 0.0769. The number of anilines is 1. The highest BCUT2D eigenvalue weighted by Crippen LogP contribution is 2.29. The Labute approximate surface area is 183 Å².